The smallest absolute Gasteiger partial charge is 0.270 e. The highest BCUT2D eigenvalue weighted by molar-refractivity contribution is 6.31. The number of halogens is 1. The quantitative estimate of drug-likeness (QED) is 0.598. The van der Waals surface area contributed by atoms with Gasteiger partial charge in [0.25, 0.3) is 5.91 Å². The van der Waals surface area contributed by atoms with Crippen molar-refractivity contribution in [1.29, 1.82) is 0 Å². The van der Waals surface area contributed by atoms with Crippen molar-refractivity contribution >= 4 is 34.3 Å². The van der Waals surface area contributed by atoms with E-state index < -0.39 is 0 Å². The van der Waals surface area contributed by atoms with E-state index in [9.17, 15) is 9.59 Å². The van der Waals surface area contributed by atoms with E-state index in [0.717, 1.165) is 35.1 Å². The number of rotatable bonds is 6. The number of nitrogens with zero attached hydrogens (tertiary/aromatic N) is 1. The Kier molecular flexibility index (Phi) is 6.47. The lowest BCUT2D eigenvalue weighted by Gasteiger charge is -2.31. The zero-order valence-corrected chi connectivity index (χ0v) is 18.2. The SMILES string of the molecule is COc1ccc(CNC(=O)CC2CCN(C(=O)c3cc4cc(Cl)ccc4[nH]3)CC2)cc1. The molecule has 162 valence electrons. The van der Waals surface area contributed by atoms with E-state index in [-0.39, 0.29) is 11.8 Å². The molecule has 1 aromatic heterocycles. The van der Waals surface area contributed by atoms with Crippen molar-refractivity contribution in [3.05, 3.63) is 64.8 Å². The zero-order valence-electron chi connectivity index (χ0n) is 17.5. The number of aromatic amines is 1. The average molecular weight is 440 g/mol. The fourth-order valence-corrected chi connectivity index (χ4v) is 4.19. The number of amides is 2. The second kappa shape index (κ2) is 9.43. The summed E-state index contributed by atoms with van der Waals surface area (Å²) in [6.45, 7) is 1.82. The number of benzene rings is 2. The summed E-state index contributed by atoms with van der Waals surface area (Å²) in [5.41, 5.74) is 2.51. The maximum atomic E-state index is 12.9. The Morgan fingerprint density at radius 2 is 1.87 bits per heavy atom. The molecule has 2 aromatic carbocycles. The van der Waals surface area contributed by atoms with Crippen LogP contribution in [-0.2, 0) is 11.3 Å². The number of ether oxygens (including phenoxy) is 1. The van der Waals surface area contributed by atoms with Gasteiger partial charge < -0.3 is 19.9 Å². The van der Waals surface area contributed by atoms with Crippen molar-refractivity contribution in [3.63, 3.8) is 0 Å². The first-order valence-corrected chi connectivity index (χ1v) is 10.9. The van der Waals surface area contributed by atoms with Crippen LogP contribution in [0.25, 0.3) is 10.9 Å². The first-order valence-electron chi connectivity index (χ1n) is 10.5. The van der Waals surface area contributed by atoms with E-state index in [1.165, 1.54) is 0 Å². The average Bonchev–Trinajstić information content (AvgIpc) is 3.21. The molecule has 1 fully saturated rings. The van der Waals surface area contributed by atoms with Crippen LogP contribution in [0.3, 0.4) is 0 Å². The Morgan fingerprint density at radius 3 is 2.58 bits per heavy atom. The number of aromatic nitrogens is 1. The second-order valence-corrected chi connectivity index (χ2v) is 8.42. The van der Waals surface area contributed by atoms with Crippen LogP contribution in [-0.4, -0.2) is 41.9 Å². The van der Waals surface area contributed by atoms with Gasteiger partial charge in [0.05, 0.1) is 7.11 Å². The summed E-state index contributed by atoms with van der Waals surface area (Å²) in [5.74, 6) is 1.14. The lowest BCUT2D eigenvalue weighted by Crippen LogP contribution is -2.39. The summed E-state index contributed by atoms with van der Waals surface area (Å²) in [6.07, 6.45) is 2.14. The number of hydrogen-bond donors (Lipinski definition) is 2. The molecule has 1 saturated heterocycles. The molecular weight excluding hydrogens is 414 g/mol. The largest absolute Gasteiger partial charge is 0.497 e. The minimum atomic E-state index is -0.00488. The third-order valence-electron chi connectivity index (χ3n) is 5.84. The Morgan fingerprint density at radius 1 is 1.13 bits per heavy atom. The van der Waals surface area contributed by atoms with Gasteiger partial charge in [-0.2, -0.15) is 0 Å². The first-order chi connectivity index (χ1) is 15.0. The molecule has 0 spiro atoms. The van der Waals surface area contributed by atoms with Gasteiger partial charge in [-0.3, -0.25) is 9.59 Å². The lowest BCUT2D eigenvalue weighted by atomic mass is 9.93. The van der Waals surface area contributed by atoms with Crippen LogP contribution in [0, 0.1) is 5.92 Å². The third kappa shape index (κ3) is 5.20. The van der Waals surface area contributed by atoms with Crippen molar-refractivity contribution in [2.24, 2.45) is 5.92 Å². The predicted octanol–water partition coefficient (Wildman–Crippen LogP) is 4.39. The minimum absolute atomic E-state index is 0.00488. The number of carbonyl (C=O) groups is 2. The molecule has 3 aromatic rings. The summed E-state index contributed by atoms with van der Waals surface area (Å²) in [5, 5.41) is 4.57. The van der Waals surface area contributed by atoms with Crippen molar-refractivity contribution in [1.82, 2.24) is 15.2 Å². The molecule has 0 bridgehead atoms. The Bertz CT molecular complexity index is 1070. The molecule has 0 aliphatic carbocycles. The normalized spacial score (nSPS) is 14.6. The molecule has 0 atom stereocenters. The van der Waals surface area contributed by atoms with Crippen molar-refractivity contribution < 1.29 is 14.3 Å². The van der Waals surface area contributed by atoms with Gasteiger partial charge >= 0.3 is 0 Å². The molecule has 0 saturated carbocycles. The number of H-pyrrole nitrogens is 1. The van der Waals surface area contributed by atoms with Gasteiger partial charge in [-0.15, -0.1) is 0 Å². The molecule has 7 heteroatoms. The molecule has 1 aliphatic rings. The molecule has 2 amide bonds. The van der Waals surface area contributed by atoms with Gasteiger partial charge in [0, 0.05) is 42.0 Å². The van der Waals surface area contributed by atoms with Crippen molar-refractivity contribution in [2.45, 2.75) is 25.8 Å². The number of hydrogen-bond acceptors (Lipinski definition) is 3. The standard InChI is InChI=1S/C24H26ClN3O3/c1-31-20-5-2-17(3-6-20)15-26-23(29)12-16-8-10-28(11-9-16)24(30)22-14-18-13-19(25)4-7-21(18)27-22/h2-7,13-14,16,27H,8-12,15H2,1H3,(H,26,29). The van der Waals surface area contributed by atoms with Gasteiger partial charge in [-0.25, -0.2) is 0 Å². The van der Waals surface area contributed by atoms with Crippen LogP contribution < -0.4 is 10.1 Å². The molecule has 6 nitrogen and oxygen atoms in total. The second-order valence-electron chi connectivity index (χ2n) is 7.98. The highest BCUT2D eigenvalue weighted by Gasteiger charge is 2.26. The van der Waals surface area contributed by atoms with E-state index in [2.05, 4.69) is 10.3 Å². The predicted molar refractivity (Wildman–Crippen MR) is 121 cm³/mol. The van der Waals surface area contributed by atoms with E-state index in [1.807, 2.05) is 47.4 Å². The van der Waals surface area contributed by atoms with Gasteiger partial charge in [0.1, 0.15) is 11.4 Å². The molecule has 2 N–H and O–H groups in total. The van der Waals surface area contributed by atoms with Crippen LogP contribution in [0.4, 0.5) is 0 Å². The van der Waals surface area contributed by atoms with Gasteiger partial charge in [0.2, 0.25) is 5.91 Å². The molecule has 31 heavy (non-hydrogen) atoms. The van der Waals surface area contributed by atoms with Crippen LogP contribution in [0.2, 0.25) is 5.02 Å². The maximum Gasteiger partial charge on any atom is 0.270 e. The Hall–Kier alpha value is -2.99. The number of likely N-dealkylation sites (tertiary alicyclic amines) is 1. The number of carbonyl (C=O) groups excluding carboxylic acids is 2. The van der Waals surface area contributed by atoms with Gasteiger partial charge in [-0.1, -0.05) is 23.7 Å². The highest BCUT2D eigenvalue weighted by Crippen LogP contribution is 2.24. The van der Waals surface area contributed by atoms with E-state index in [0.29, 0.717) is 42.7 Å². The summed E-state index contributed by atoms with van der Waals surface area (Å²) in [7, 11) is 1.63. The monoisotopic (exact) mass is 439 g/mol. The van der Waals surface area contributed by atoms with Crippen LogP contribution in [0.5, 0.6) is 5.75 Å². The molecule has 0 radical (unpaired) electrons. The summed E-state index contributed by atoms with van der Waals surface area (Å²) in [6, 6.07) is 15.0. The number of methoxy groups -OCH3 is 1. The molecule has 4 rings (SSSR count). The van der Waals surface area contributed by atoms with Crippen molar-refractivity contribution in [3.8, 4) is 5.75 Å². The number of piperidine rings is 1. The van der Waals surface area contributed by atoms with Gasteiger partial charge in [-0.05, 0) is 60.7 Å². The summed E-state index contributed by atoms with van der Waals surface area (Å²) < 4.78 is 5.15. The number of fused-ring (bicyclic) bond motifs is 1. The zero-order chi connectivity index (χ0) is 21.8. The van der Waals surface area contributed by atoms with E-state index in [4.69, 9.17) is 16.3 Å². The summed E-state index contributed by atoms with van der Waals surface area (Å²) >= 11 is 6.04. The fraction of sp³-hybridized carbons (Fsp3) is 0.333. The minimum Gasteiger partial charge on any atom is -0.497 e. The molecule has 2 heterocycles. The fourth-order valence-electron chi connectivity index (χ4n) is 4.01. The maximum absolute atomic E-state index is 12.9. The number of nitrogens with one attached hydrogen (secondary N) is 2. The Balaban J connectivity index is 1.24. The van der Waals surface area contributed by atoms with Crippen LogP contribution in [0.15, 0.2) is 48.5 Å². The first kappa shape index (κ1) is 21.2. The third-order valence-corrected chi connectivity index (χ3v) is 6.07. The lowest BCUT2D eigenvalue weighted by molar-refractivity contribution is -0.122. The Labute approximate surface area is 186 Å². The summed E-state index contributed by atoms with van der Waals surface area (Å²) in [4.78, 5) is 30.2. The van der Waals surface area contributed by atoms with E-state index >= 15 is 0 Å². The van der Waals surface area contributed by atoms with Crippen molar-refractivity contribution in [2.75, 3.05) is 20.2 Å². The highest BCUT2D eigenvalue weighted by atomic mass is 35.5. The molecular formula is C24H26ClN3O3. The van der Waals surface area contributed by atoms with Crippen LogP contribution in [0.1, 0.15) is 35.3 Å². The topological polar surface area (TPSA) is 74.4 Å². The van der Waals surface area contributed by atoms with E-state index in [1.54, 1.807) is 13.2 Å². The van der Waals surface area contributed by atoms with Crippen LogP contribution >= 0.6 is 11.6 Å². The van der Waals surface area contributed by atoms with Gasteiger partial charge in [0.15, 0.2) is 0 Å². The molecule has 0 unspecified atom stereocenters. The molecule has 1 aliphatic heterocycles.